The quantitative estimate of drug-likeness (QED) is 0.201. The lowest BCUT2D eigenvalue weighted by molar-refractivity contribution is 0.0972. The van der Waals surface area contributed by atoms with Crippen molar-refractivity contribution in [2.24, 2.45) is 0 Å². The first kappa shape index (κ1) is 27.1. The Kier molecular flexibility index (Phi) is 9.18. The zero-order chi connectivity index (χ0) is 26.4. The molecule has 37 heavy (non-hydrogen) atoms. The molecule has 0 amide bonds. The number of ketones is 1. The molecule has 7 nitrogen and oxygen atoms in total. The van der Waals surface area contributed by atoms with Crippen molar-refractivity contribution in [1.82, 2.24) is 15.2 Å². The third kappa shape index (κ3) is 7.09. The Labute approximate surface area is 228 Å². The Hall–Kier alpha value is -2.94. The average Bonchev–Trinajstić information content (AvgIpc) is 3.71. The number of anilines is 1. The lowest BCUT2D eigenvalue weighted by Crippen LogP contribution is -2.30. The molecule has 2 N–H and O–H groups in total. The van der Waals surface area contributed by atoms with Crippen LogP contribution in [0, 0.1) is 0 Å². The zero-order valence-corrected chi connectivity index (χ0v) is 23.0. The average molecular weight is 541 g/mol. The van der Waals surface area contributed by atoms with Crippen molar-refractivity contribution in [2.75, 3.05) is 32.1 Å². The van der Waals surface area contributed by atoms with E-state index in [1.807, 2.05) is 18.2 Å². The maximum atomic E-state index is 13.1. The summed E-state index contributed by atoms with van der Waals surface area (Å²) in [4.78, 5) is 19.9. The molecular weight excluding hydrogens is 508 g/mol. The van der Waals surface area contributed by atoms with Crippen LogP contribution >= 0.6 is 23.8 Å². The monoisotopic (exact) mass is 540 g/mol. The maximum absolute atomic E-state index is 13.1. The van der Waals surface area contributed by atoms with Crippen molar-refractivity contribution in [2.45, 2.75) is 45.6 Å². The van der Waals surface area contributed by atoms with E-state index >= 15 is 0 Å². The van der Waals surface area contributed by atoms with Crippen LogP contribution < -0.4 is 20.1 Å². The second kappa shape index (κ2) is 12.5. The van der Waals surface area contributed by atoms with Crippen LogP contribution in [-0.2, 0) is 0 Å². The van der Waals surface area contributed by atoms with E-state index in [2.05, 4.69) is 34.4 Å². The van der Waals surface area contributed by atoms with Crippen molar-refractivity contribution in [3.8, 4) is 17.2 Å². The molecule has 1 aromatic heterocycles. The Morgan fingerprint density at radius 1 is 1.16 bits per heavy atom. The van der Waals surface area contributed by atoms with Crippen LogP contribution in [0.3, 0.4) is 0 Å². The first-order valence-electron chi connectivity index (χ1n) is 12.7. The highest BCUT2D eigenvalue weighted by Crippen LogP contribution is 2.36. The lowest BCUT2D eigenvalue weighted by atomic mass is 10.0. The molecule has 9 heteroatoms. The second-order valence-corrected chi connectivity index (χ2v) is 9.86. The van der Waals surface area contributed by atoms with Gasteiger partial charge in [0.05, 0.1) is 28.9 Å². The second-order valence-electron chi connectivity index (χ2n) is 9.05. The van der Waals surface area contributed by atoms with E-state index in [1.165, 1.54) is 0 Å². The minimum absolute atomic E-state index is 0.0370. The van der Waals surface area contributed by atoms with Gasteiger partial charge in [0.25, 0.3) is 0 Å². The van der Waals surface area contributed by atoms with Gasteiger partial charge in [-0.3, -0.25) is 9.78 Å². The standard InChI is InChI=1S/C28H33ClN4O3S/c1-4-33(5-2)14-6-7-25(34)21-16-20-24(17-27(21)35-3)30-13-12-26(20)36-19-10-11-23(22(29)15-19)32-28(37)31-18-8-9-18/h10-13,15-18H,4-9,14H2,1-3H3,(H2,31,32,37). The molecule has 1 aliphatic carbocycles. The summed E-state index contributed by atoms with van der Waals surface area (Å²) in [6.07, 6.45) is 5.17. The molecule has 0 aliphatic heterocycles. The highest BCUT2D eigenvalue weighted by Gasteiger charge is 2.22. The minimum Gasteiger partial charge on any atom is -0.496 e. The van der Waals surface area contributed by atoms with Crippen LogP contribution in [0.5, 0.6) is 17.2 Å². The molecule has 196 valence electrons. The van der Waals surface area contributed by atoms with Crippen molar-refractivity contribution >= 4 is 51.3 Å². The Balaban J connectivity index is 1.53. The van der Waals surface area contributed by atoms with Gasteiger partial charge in [0, 0.05) is 36.2 Å². The van der Waals surface area contributed by atoms with Gasteiger partial charge in [0.15, 0.2) is 10.9 Å². The summed E-state index contributed by atoms with van der Waals surface area (Å²) in [6, 6.07) is 11.2. The molecule has 0 bridgehead atoms. The van der Waals surface area contributed by atoms with Crippen molar-refractivity contribution < 1.29 is 14.3 Å². The number of pyridine rings is 1. The molecule has 0 spiro atoms. The van der Waals surface area contributed by atoms with Gasteiger partial charge in [-0.1, -0.05) is 25.4 Å². The van der Waals surface area contributed by atoms with Gasteiger partial charge in [-0.2, -0.15) is 0 Å². The highest BCUT2D eigenvalue weighted by atomic mass is 35.5. The minimum atomic E-state index is 0.0370. The van der Waals surface area contributed by atoms with Gasteiger partial charge in [-0.25, -0.2) is 0 Å². The normalized spacial score (nSPS) is 13.0. The number of nitrogens with one attached hydrogen (secondary N) is 2. The fourth-order valence-electron chi connectivity index (χ4n) is 4.12. The number of halogens is 1. The van der Waals surface area contributed by atoms with Crippen LogP contribution in [0.2, 0.25) is 5.02 Å². The molecule has 1 fully saturated rings. The van der Waals surface area contributed by atoms with E-state index in [9.17, 15) is 4.79 Å². The molecule has 1 saturated carbocycles. The van der Waals surface area contributed by atoms with Crippen molar-refractivity contribution in [3.63, 3.8) is 0 Å². The first-order chi connectivity index (χ1) is 17.9. The number of hydrogen-bond donors (Lipinski definition) is 2. The van der Waals surface area contributed by atoms with Gasteiger partial charge in [-0.05, 0) is 75.4 Å². The summed E-state index contributed by atoms with van der Waals surface area (Å²) >= 11 is 11.8. The van der Waals surface area contributed by atoms with Crippen LogP contribution in [0.4, 0.5) is 5.69 Å². The van der Waals surface area contributed by atoms with E-state index in [1.54, 1.807) is 31.5 Å². The van der Waals surface area contributed by atoms with Crippen molar-refractivity contribution in [1.29, 1.82) is 0 Å². The number of aromatic nitrogens is 1. The largest absolute Gasteiger partial charge is 0.496 e. The third-order valence-electron chi connectivity index (χ3n) is 6.42. The number of Topliss-reactive ketones (excluding diaryl/α,β-unsaturated/α-hetero) is 1. The fraction of sp³-hybridized carbons (Fsp3) is 0.393. The predicted octanol–water partition coefficient (Wildman–Crippen LogP) is 6.44. The molecule has 0 atom stereocenters. The molecule has 1 heterocycles. The van der Waals surface area contributed by atoms with Crippen molar-refractivity contribution in [3.05, 3.63) is 53.2 Å². The number of rotatable bonds is 12. The van der Waals surface area contributed by atoms with Crippen LogP contribution in [-0.4, -0.2) is 53.6 Å². The van der Waals surface area contributed by atoms with E-state index < -0.39 is 0 Å². The molecule has 0 unspecified atom stereocenters. The topological polar surface area (TPSA) is 75.7 Å². The number of hydrogen-bond acceptors (Lipinski definition) is 6. The summed E-state index contributed by atoms with van der Waals surface area (Å²) in [6.45, 7) is 7.09. The van der Waals surface area contributed by atoms with Gasteiger partial charge >= 0.3 is 0 Å². The van der Waals surface area contributed by atoms with E-state index in [0.717, 1.165) is 44.3 Å². The van der Waals surface area contributed by atoms with Gasteiger partial charge in [0.1, 0.15) is 17.2 Å². The molecule has 0 radical (unpaired) electrons. The number of methoxy groups -OCH3 is 1. The lowest BCUT2D eigenvalue weighted by Gasteiger charge is -2.17. The summed E-state index contributed by atoms with van der Waals surface area (Å²) in [7, 11) is 1.57. The molecular formula is C28H33ClN4O3S. The smallest absolute Gasteiger partial charge is 0.171 e. The Morgan fingerprint density at radius 2 is 1.95 bits per heavy atom. The van der Waals surface area contributed by atoms with Gasteiger partial charge in [0.2, 0.25) is 0 Å². The number of ether oxygens (including phenoxy) is 2. The number of nitrogens with zero attached hydrogens (tertiary/aromatic N) is 2. The fourth-order valence-corrected chi connectivity index (χ4v) is 4.62. The number of carbonyl (C=O) groups excluding carboxylic acids is 1. The molecule has 1 aliphatic rings. The zero-order valence-electron chi connectivity index (χ0n) is 21.5. The summed E-state index contributed by atoms with van der Waals surface area (Å²) in [5, 5.41) is 8.14. The first-order valence-corrected chi connectivity index (χ1v) is 13.5. The molecule has 4 rings (SSSR count). The molecule has 3 aromatic rings. The number of fused-ring (bicyclic) bond motifs is 1. The number of thiocarbonyl (C=S) groups is 1. The summed E-state index contributed by atoms with van der Waals surface area (Å²) in [5.41, 5.74) is 1.91. The van der Waals surface area contributed by atoms with Gasteiger partial charge < -0.3 is 25.0 Å². The van der Waals surface area contributed by atoms with Crippen LogP contribution in [0.1, 0.15) is 49.9 Å². The summed E-state index contributed by atoms with van der Waals surface area (Å²) in [5.74, 6) is 1.69. The number of carbonyl (C=O) groups is 1. The number of benzene rings is 2. The maximum Gasteiger partial charge on any atom is 0.171 e. The van der Waals surface area contributed by atoms with E-state index in [4.69, 9.17) is 33.3 Å². The summed E-state index contributed by atoms with van der Waals surface area (Å²) < 4.78 is 11.7. The van der Waals surface area contributed by atoms with E-state index in [-0.39, 0.29) is 5.78 Å². The Morgan fingerprint density at radius 3 is 2.62 bits per heavy atom. The molecule has 2 aromatic carbocycles. The van der Waals surface area contributed by atoms with E-state index in [0.29, 0.717) is 56.6 Å². The third-order valence-corrected chi connectivity index (χ3v) is 6.96. The molecule has 0 saturated heterocycles. The predicted molar refractivity (Wildman–Crippen MR) is 154 cm³/mol. The van der Waals surface area contributed by atoms with Crippen LogP contribution in [0.15, 0.2) is 42.6 Å². The SMILES string of the molecule is CCN(CC)CCCC(=O)c1cc2c(Oc3ccc(NC(=S)NC4CC4)c(Cl)c3)ccnc2cc1OC. The Bertz CT molecular complexity index is 1280. The van der Waals surface area contributed by atoms with Crippen LogP contribution in [0.25, 0.3) is 10.9 Å². The highest BCUT2D eigenvalue weighted by molar-refractivity contribution is 7.80. The van der Waals surface area contributed by atoms with Gasteiger partial charge in [-0.15, -0.1) is 0 Å².